The molecule has 5 heterocycles. The van der Waals surface area contributed by atoms with Gasteiger partial charge in [0.25, 0.3) is 5.91 Å². The predicted octanol–water partition coefficient (Wildman–Crippen LogP) is 4.84. The highest BCUT2D eigenvalue weighted by atomic mass is 32.2. The first-order valence-corrected chi connectivity index (χ1v) is 19.4. The number of methoxy groups -OCH3 is 1. The third-order valence-electron chi connectivity index (χ3n) is 12.6. The molecule has 254 valence electrons. The number of aromatic nitrogens is 1. The molecule has 0 spiro atoms. The maximum atomic E-state index is 14.9. The minimum atomic E-state index is -3.89. The van der Waals surface area contributed by atoms with Crippen molar-refractivity contribution in [3.8, 4) is 17.0 Å². The summed E-state index contributed by atoms with van der Waals surface area (Å²) in [6, 6.07) is 12.7. The molecule has 2 unspecified atom stereocenters. The molecule has 48 heavy (non-hydrogen) atoms. The van der Waals surface area contributed by atoms with Crippen LogP contribution in [0.1, 0.15) is 91.6 Å². The molecule has 3 saturated heterocycles. The Kier molecular flexibility index (Phi) is 7.05. The van der Waals surface area contributed by atoms with Gasteiger partial charge in [-0.25, -0.2) is 4.72 Å². The minimum absolute atomic E-state index is 0.0822. The van der Waals surface area contributed by atoms with Gasteiger partial charge in [-0.2, -0.15) is 12.7 Å². The van der Waals surface area contributed by atoms with Crippen molar-refractivity contribution in [1.82, 2.24) is 23.4 Å². The Morgan fingerprint density at radius 1 is 1.00 bits per heavy atom. The number of piperazine rings is 1. The number of likely N-dealkylation sites (tertiary alicyclic amines) is 2. The summed E-state index contributed by atoms with van der Waals surface area (Å²) in [5.74, 6) is 0.883. The monoisotopic (exact) mass is 671 g/mol. The molecule has 11 heteroatoms. The highest BCUT2D eigenvalue weighted by molar-refractivity contribution is 7.87. The van der Waals surface area contributed by atoms with Crippen LogP contribution in [-0.2, 0) is 21.5 Å². The van der Waals surface area contributed by atoms with Crippen LogP contribution in [0.5, 0.6) is 5.75 Å². The van der Waals surface area contributed by atoms with Gasteiger partial charge >= 0.3 is 10.2 Å². The number of rotatable bonds is 7. The minimum Gasteiger partial charge on any atom is -0.497 e. The number of ether oxygens (including phenoxy) is 1. The average Bonchev–Trinajstić information content (AvgIpc) is 3.30. The van der Waals surface area contributed by atoms with E-state index in [1.165, 1.54) is 34.7 Å². The van der Waals surface area contributed by atoms with Crippen LogP contribution in [-0.4, -0.2) is 90.8 Å². The van der Waals surface area contributed by atoms with Gasteiger partial charge in [0.2, 0.25) is 5.91 Å². The zero-order valence-electron chi connectivity index (χ0n) is 27.9. The van der Waals surface area contributed by atoms with Crippen molar-refractivity contribution in [3.63, 3.8) is 0 Å². The van der Waals surface area contributed by atoms with E-state index in [2.05, 4.69) is 38.1 Å². The molecule has 1 N–H and O–H groups in total. The molecule has 9 rings (SSSR count). The number of benzene rings is 2. The number of likely N-dealkylation sites (N-methyl/N-ethyl adjacent to an activating group) is 1. The van der Waals surface area contributed by atoms with E-state index >= 15 is 0 Å². The molecule has 4 atom stereocenters. The molecule has 2 aromatic carbocycles. The molecular weight excluding hydrogens is 627 g/mol. The van der Waals surface area contributed by atoms with Crippen LogP contribution in [0.3, 0.4) is 0 Å². The summed E-state index contributed by atoms with van der Waals surface area (Å²) in [6.45, 7) is 6.34. The maximum Gasteiger partial charge on any atom is 0.304 e. The average molecular weight is 672 g/mol. The lowest BCUT2D eigenvalue weighted by atomic mass is 9.81. The van der Waals surface area contributed by atoms with Crippen LogP contribution >= 0.6 is 0 Å². The van der Waals surface area contributed by atoms with E-state index in [-0.39, 0.29) is 17.9 Å². The molecule has 0 radical (unpaired) electrons. The Labute approximate surface area is 282 Å². The summed E-state index contributed by atoms with van der Waals surface area (Å²) in [6.07, 6.45) is 8.43. The van der Waals surface area contributed by atoms with Gasteiger partial charge in [-0.3, -0.25) is 14.5 Å². The largest absolute Gasteiger partial charge is 0.497 e. The first-order valence-electron chi connectivity index (χ1n) is 17.9. The van der Waals surface area contributed by atoms with Gasteiger partial charge in [0.15, 0.2) is 0 Å². The molecule has 6 aliphatic rings. The lowest BCUT2D eigenvalue weighted by molar-refractivity contribution is -0.140. The van der Waals surface area contributed by atoms with Crippen LogP contribution in [0.25, 0.3) is 22.2 Å². The second kappa shape index (κ2) is 11.1. The fourth-order valence-corrected chi connectivity index (χ4v) is 11.1. The normalized spacial score (nSPS) is 28.4. The fraction of sp³-hybridized carbons (Fsp3) is 0.568. The SMILES string of the molecule is CCN1C[C@H]2C[C@H]1CN2C(=O)C12CC1c1cc(OC)ccc1-c1c(C3CCCCC3)c3ccc(C(=O)NS(=O)(=O)N4CCC4)cc3n1C2. The van der Waals surface area contributed by atoms with Crippen molar-refractivity contribution < 1.29 is 22.7 Å². The van der Waals surface area contributed by atoms with Gasteiger partial charge in [0.05, 0.1) is 18.2 Å². The van der Waals surface area contributed by atoms with Gasteiger partial charge in [-0.15, -0.1) is 0 Å². The summed E-state index contributed by atoms with van der Waals surface area (Å²) < 4.78 is 37.4. The number of carbonyl (C=O) groups excluding carboxylic acids is 2. The Balaban J connectivity index is 1.20. The lowest BCUT2D eigenvalue weighted by Crippen LogP contribution is -2.51. The van der Waals surface area contributed by atoms with Crippen LogP contribution < -0.4 is 9.46 Å². The fourth-order valence-electron chi connectivity index (χ4n) is 9.86. The topological polar surface area (TPSA) is 104 Å². The summed E-state index contributed by atoms with van der Waals surface area (Å²) in [7, 11) is -2.19. The van der Waals surface area contributed by atoms with Gasteiger partial charge < -0.3 is 14.2 Å². The Morgan fingerprint density at radius 2 is 1.81 bits per heavy atom. The number of hydrogen-bond donors (Lipinski definition) is 1. The first kappa shape index (κ1) is 30.6. The zero-order chi connectivity index (χ0) is 32.9. The van der Waals surface area contributed by atoms with Crippen LogP contribution in [0.15, 0.2) is 36.4 Å². The summed E-state index contributed by atoms with van der Waals surface area (Å²) in [5, 5.41) is 1.10. The highest BCUT2D eigenvalue weighted by Gasteiger charge is 2.65. The lowest BCUT2D eigenvalue weighted by Gasteiger charge is -2.36. The van der Waals surface area contributed by atoms with E-state index < -0.39 is 21.5 Å². The Bertz CT molecular complexity index is 1950. The molecule has 1 aromatic heterocycles. The molecule has 10 nitrogen and oxygen atoms in total. The third kappa shape index (κ3) is 4.53. The molecule has 2 aliphatic carbocycles. The van der Waals surface area contributed by atoms with Gasteiger partial charge in [-0.1, -0.05) is 32.3 Å². The van der Waals surface area contributed by atoms with Crippen LogP contribution in [0.2, 0.25) is 0 Å². The first-order chi connectivity index (χ1) is 23.2. The second-order valence-corrected chi connectivity index (χ2v) is 16.7. The number of fused-ring (bicyclic) bond motifs is 9. The van der Waals surface area contributed by atoms with Crippen molar-refractivity contribution in [2.75, 3.05) is 39.8 Å². The van der Waals surface area contributed by atoms with Crippen molar-refractivity contribution in [3.05, 3.63) is 53.1 Å². The molecule has 2 bridgehead atoms. The highest BCUT2D eigenvalue weighted by Crippen LogP contribution is 2.66. The molecular formula is C37H45N5O5S. The van der Waals surface area contributed by atoms with E-state index in [4.69, 9.17) is 4.74 Å². The molecule has 4 aliphatic heterocycles. The number of nitrogens with zero attached hydrogens (tertiary/aromatic N) is 4. The molecule has 5 fully saturated rings. The molecule has 3 aromatic rings. The van der Waals surface area contributed by atoms with E-state index in [1.807, 2.05) is 18.2 Å². The molecule has 2 amide bonds. The summed E-state index contributed by atoms with van der Waals surface area (Å²) in [4.78, 5) is 33.1. The maximum absolute atomic E-state index is 14.9. The standard InChI is InChI=1S/C37H45N5O5S/c1-3-39-20-26-17-25(39)21-41(26)36(44)37-19-31(37)30-18-27(47-2)11-13-28(30)34-33(23-8-5-4-6-9-23)29-12-10-24(16-32(29)42(34)22-37)35(43)38-48(45,46)40-14-7-15-40/h10-13,16,18,23,25-26,31H,3-9,14-15,17,19-22H2,1-2H3,(H,38,43)/t25-,26+,31?,37?/m0/s1. The summed E-state index contributed by atoms with van der Waals surface area (Å²) in [5.41, 5.74) is 5.42. The zero-order valence-corrected chi connectivity index (χ0v) is 28.7. The van der Waals surface area contributed by atoms with Crippen molar-refractivity contribution in [2.24, 2.45) is 5.41 Å². The van der Waals surface area contributed by atoms with E-state index in [0.29, 0.717) is 37.2 Å². The Morgan fingerprint density at radius 3 is 2.50 bits per heavy atom. The Hall–Kier alpha value is -3.41. The van der Waals surface area contributed by atoms with Gasteiger partial charge in [0, 0.05) is 72.8 Å². The van der Waals surface area contributed by atoms with Gasteiger partial charge in [-0.05, 0) is 86.0 Å². The number of nitrogens with one attached hydrogen (secondary N) is 1. The third-order valence-corrected chi connectivity index (χ3v) is 14.1. The van der Waals surface area contributed by atoms with Crippen LogP contribution in [0.4, 0.5) is 0 Å². The smallest absolute Gasteiger partial charge is 0.304 e. The number of hydrogen-bond acceptors (Lipinski definition) is 6. The van der Waals surface area contributed by atoms with Crippen molar-refractivity contribution in [2.45, 2.75) is 88.8 Å². The molecule has 2 saturated carbocycles. The van der Waals surface area contributed by atoms with Gasteiger partial charge in [0.1, 0.15) is 5.75 Å². The van der Waals surface area contributed by atoms with E-state index in [1.54, 1.807) is 13.2 Å². The second-order valence-electron chi connectivity index (χ2n) is 15.1. The quantitative estimate of drug-likeness (QED) is 0.386. The van der Waals surface area contributed by atoms with E-state index in [9.17, 15) is 18.0 Å². The predicted molar refractivity (Wildman–Crippen MR) is 183 cm³/mol. The number of carbonyl (C=O) groups is 2. The summed E-state index contributed by atoms with van der Waals surface area (Å²) >= 11 is 0. The van der Waals surface area contributed by atoms with Crippen LogP contribution in [0, 0.1) is 5.41 Å². The van der Waals surface area contributed by atoms with Crippen molar-refractivity contribution in [1.29, 1.82) is 0 Å². The number of amides is 2. The van der Waals surface area contributed by atoms with E-state index in [0.717, 1.165) is 79.6 Å². The van der Waals surface area contributed by atoms with Crippen molar-refractivity contribution >= 4 is 32.9 Å².